The summed E-state index contributed by atoms with van der Waals surface area (Å²) in [6.07, 6.45) is 1.17. The highest BCUT2D eigenvalue weighted by Crippen LogP contribution is 2.32. The Bertz CT molecular complexity index is 1010. The van der Waals surface area contributed by atoms with Crippen molar-refractivity contribution in [3.05, 3.63) is 46.7 Å². The van der Waals surface area contributed by atoms with E-state index in [0.717, 1.165) is 15.9 Å². The molecule has 6 nitrogen and oxygen atoms in total. The van der Waals surface area contributed by atoms with Gasteiger partial charge in [0.1, 0.15) is 16.7 Å². The zero-order valence-electron chi connectivity index (χ0n) is 14.0. The van der Waals surface area contributed by atoms with Crippen LogP contribution in [0.4, 0.5) is 4.39 Å². The predicted molar refractivity (Wildman–Crippen MR) is 95.3 cm³/mol. The molecule has 8 heteroatoms. The molecule has 1 aliphatic rings. The molecule has 0 spiro atoms. The number of rotatable bonds is 3. The van der Waals surface area contributed by atoms with Crippen molar-refractivity contribution in [2.45, 2.75) is 25.8 Å². The maximum Gasteiger partial charge on any atom is 0.326 e. The topological polar surface area (TPSA) is 75.4 Å². The van der Waals surface area contributed by atoms with E-state index in [1.807, 2.05) is 6.92 Å². The minimum atomic E-state index is -0.967. The molecule has 1 aromatic carbocycles. The number of benzene rings is 1. The lowest BCUT2D eigenvalue weighted by molar-refractivity contribution is -0.141. The molecule has 0 radical (unpaired) electrons. The summed E-state index contributed by atoms with van der Waals surface area (Å²) < 4.78 is 14.9. The monoisotopic (exact) mass is 373 g/mol. The Labute approximate surface area is 152 Å². The van der Waals surface area contributed by atoms with E-state index in [0.29, 0.717) is 30.0 Å². The van der Waals surface area contributed by atoms with E-state index in [1.54, 1.807) is 22.9 Å². The molecule has 0 bridgehead atoms. The molecule has 1 fully saturated rings. The highest BCUT2D eigenvalue weighted by atomic mass is 32.1. The number of likely N-dealkylation sites (tertiary alicyclic amines) is 1. The standard InChI is InChI=1S/C18H16FN3O3S/c1-10-13-9-15(16(23)21-8-2-3-14(21)18(24)25)26-17(13)22(20-10)12-6-4-11(19)5-7-12/h4-7,9,14H,2-3,8H2,1H3,(H,24,25). The third kappa shape index (κ3) is 2.66. The van der Waals surface area contributed by atoms with Crippen LogP contribution in [-0.4, -0.2) is 44.3 Å². The van der Waals surface area contributed by atoms with E-state index in [4.69, 9.17) is 0 Å². The zero-order valence-corrected chi connectivity index (χ0v) is 14.8. The van der Waals surface area contributed by atoms with Crippen molar-refractivity contribution in [2.24, 2.45) is 0 Å². The lowest BCUT2D eigenvalue weighted by Gasteiger charge is -2.20. The Morgan fingerprint density at radius 3 is 2.73 bits per heavy atom. The van der Waals surface area contributed by atoms with E-state index in [1.165, 1.54) is 28.4 Å². The quantitative estimate of drug-likeness (QED) is 0.765. The highest BCUT2D eigenvalue weighted by molar-refractivity contribution is 7.20. The first-order chi connectivity index (χ1) is 12.5. The van der Waals surface area contributed by atoms with E-state index in [9.17, 15) is 19.1 Å². The second kappa shape index (κ2) is 6.21. The highest BCUT2D eigenvalue weighted by Gasteiger charge is 2.35. The van der Waals surface area contributed by atoms with Crippen molar-refractivity contribution in [2.75, 3.05) is 6.54 Å². The largest absolute Gasteiger partial charge is 0.480 e. The fourth-order valence-corrected chi connectivity index (χ4v) is 4.46. The second-order valence-electron chi connectivity index (χ2n) is 6.30. The number of hydrogen-bond donors (Lipinski definition) is 1. The van der Waals surface area contributed by atoms with Gasteiger partial charge < -0.3 is 10.0 Å². The number of carboxylic acid groups (broad SMARTS) is 1. The molecule has 26 heavy (non-hydrogen) atoms. The van der Waals surface area contributed by atoms with Crippen LogP contribution in [0.25, 0.3) is 15.9 Å². The van der Waals surface area contributed by atoms with E-state index >= 15 is 0 Å². The summed E-state index contributed by atoms with van der Waals surface area (Å²) in [7, 11) is 0. The third-order valence-electron chi connectivity index (χ3n) is 4.63. The minimum absolute atomic E-state index is 0.263. The summed E-state index contributed by atoms with van der Waals surface area (Å²) in [4.78, 5) is 26.9. The molecule has 1 unspecified atom stereocenters. The number of amides is 1. The minimum Gasteiger partial charge on any atom is -0.480 e. The predicted octanol–water partition coefficient (Wildman–Crippen LogP) is 3.22. The van der Waals surface area contributed by atoms with Gasteiger partial charge in [-0.3, -0.25) is 4.79 Å². The van der Waals surface area contributed by atoms with Crippen molar-refractivity contribution in [1.82, 2.24) is 14.7 Å². The normalized spacial score (nSPS) is 17.2. The number of carbonyl (C=O) groups is 2. The molecule has 3 aromatic rings. The van der Waals surface area contributed by atoms with Crippen LogP contribution in [0.3, 0.4) is 0 Å². The fourth-order valence-electron chi connectivity index (χ4n) is 3.32. The Hall–Kier alpha value is -2.74. The van der Waals surface area contributed by atoms with Gasteiger partial charge in [0.25, 0.3) is 5.91 Å². The van der Waals surface area contributed by atoms with Crippen molar-refractivity contribution in [3.8, 4) is 5.69 Å². The van der Waals surface area contributed by atoms with Gasteiger partial charge in [-0.2, -0.15) is 5.10 Å². The van der Waals surface area contributed by atoms with Crippen LogP contribution in [0.5, 0.6) is 0 Å². The summed E-state index contributed by atoms with van der Waals surface area (Å²) in [5.74, 6) is -1.56. The van der Waals surface area contributed by atoms with Crippen molar-refractivity contribution >= 4 is 33.4 Å². The van der Waals surface area contributed by atoms with Crippen LogP contribution in [0.1, 0.15) is 28.2 Å². The maximum absolute atomic E-state index is 13.2. The summed E-state index contributed by atoms with van der Waals surface area (Å²) >= 11 is 1.28. The number of thiophene rings is 1. The van der Waals surface area contributed by atoms with Gasteiger partial charge in [-0.25, -0.2) is 13.9 Å². The molecular formula is C18H16FN3O3S. The van der Waals surface area contributed by atoms with Gasteiger partial charge in [-0.05, 0) is 50.1 Å². The van der Waals surface area contributed by atoms with Gasteiger partial charge in [0.15, 0.2) is 0 Å². The van der Waals surface area contributed by atoms with Crippen molar-refractivity contribution in [3.63, 3.8) is 0 Å². The average Bonchev–Trinajstić information content (AvgIpc) is 3.31. The summed E-state index contributed by atoms with van der Waals surface area (Å²) in [6.45, 7) is 2.30. The molecule has 4 rings (SSSR count). The Morgan fingerprint density at radius 1 is 1.31 bits per heavy atom. The van der Waals surface area contributed by atoms with Crippen LogP contribution < -0.4 is 0 Å². The molecule has 1 aliphatic heterocycles. The summed E-state index contributed by atoms with van der Waals surface area (Å²) in [6, 6.07) is 6.98. The number of hydrogen-bond acceptors (Lipinski definition) is 4. The lowest BCUT2D eigenvalue weighted by atomic mass is 10.2. The molecule has 1 atom stereocenters. The molecular weight excluding hydrogens is 357 g/mol. The maximum atomic E-state index is 13.2. The van der Waals surface area contributed by atoms with E-state index in [2.05, 4.69) is 5.10 Å². The van der Waals surface area contributed by atoms with Gasteiger partial charge in [-0.1, -0.05) is 0 Å². The zero-order chi connectivity index (χ0) is 18.4. The number of carbonyl (C=O) groups excluding carboxylic acids is 1. The Kier molecular flexibility index (Phi) is 3.99. The molecule has 1 N–H and O–H groups in total. The first-order valence-electron chi connectivity index (χ1n) is 8.24. The molecule has 0 aliphatic carbocycles. The van der Waals surface area contributed by atoms with Crippen molar-refractivity contribution < 1.29 is 19.1 Å². The number of fused-ring (bicyclic) bond motifs is 1. The molecule has 3 heterocycles. The molecule has 1 saturated heterocycles. The molecule has 1 amide bonds. The van der Waals surface area contributed by atoms with Crippen molar-refractivity contribution in [1.29, 1.82) is 0 Å². The molecule has 0 saturated carbocycles. The van der Waals surface area contributed by atoms with E-state index < -0.39 is 12.0 Å². The van der Waals surface area contributed by atoms with Crippen LogP contribution >= 0.6 is 11.3 Å². The van der Waals surface area contributed by atoms with E-state index in [-0.39, 0.29) is 11.7 Å². The average molecular weight is 373 g/mol. The fraction of sp³-hybridized carbons (Fsp3) is 0.278. The van der Waals surface area contributed by atoms with Gasteiger partial charge in [0.2, 0.25) is 0 Å². The number of aliphatic carboxylic acids is 1. The van der Waals surface area contributed by atoms with Gasteiger partial charge >= 0.3 is 5.97 Å². The Morgan fingerprint density at radius 2 is 2.04 bits per heavy atom. The first kappa shape index (κ1) is 16.7. The summed E-state index contributed by atoms with van der Waals surface area (Å²) in [5, 5.41) is 14.6. The van der Waals surface area contributed by atoms with Crippen LogP contribution in [0, 0.1) is 12.7 Å². The molecule has 134 valence electrons. The second-order valence-corrected chi connectivity index (χ2v) is 7.33. The van der Waals surface area contributed by atoms with Crippen LogP contribution in [-0.2, 0) is 4.79 Å². The lowest BCUT2D eigenvalue weighted by Crippen LogP contribution is -2.40. The number of nitrogens with zero attached hydrogens (tertiary/aromatic N) is 3. The smallest absolute Gasteiger partial charge is 0.326 e. The van der Waals surface area contributed by atoms with Crippen LogP contribution in [0.15, 0.2) is 30.3 Å². The summed E-state index contributed by atoms with van der Waals surface area (Å²) in [5.41, 5.74) is 1.46. The number of aromatic nitrogens is 2. The number of carboxylic acids is 1. The third-order valence-corrected chi connectivity index (χ3v) is 5.72. The van der Waals surface area contributed by atoms with Crippen LogP contribution in [0.2, 0.25) is 0 Å². The SMILES string of the molecule is Cc1nn(-c2ccc(F)cc2)c2sc(C(=O)N3CCCC3C(=O)O)cc12. The van der Waals surface area contributed by atoms with Gasteiger partial charge in [0.05, 0.1) is 16.3 Å². The number of halogens is 1. The van der Waals surface area contributed by atoms with Gasteiger partial charge in [-0.15, -0.1) is 11.3 Å². The first-order valence-corrected chi connectivity index (χ1v) is 9.06. The Balaban J connectivity index is 1.74. The van der Waals surface area contributed by atoms with Gasteiger partial charge in [0, 0.05) is 11.9 Å². The molecule has 2 aromatic heterocycles. The number of aryl methyl sites for hydroxylation is 1.